The van der Waals surface area contributed by atoms with Crippen molar-refractivity contribution in [3.05, 3.63) is 0 Å². The lowest BCUT2D eigenvalue weighted by molar-refractivity contribution is -0.151. The van der Waals surface area contributed by atoms with Crippen LogP contribution >= 0.6 is 0 Å². The van der Waals surface area contributed by atoms with E-state index < -0.39 is 5.92 Å². The highest BCUT2D eigenvalue weighted by atomic mass is 16.5. The van der Waals surface area contributed by atoms with Gasteiger partial charge in [0.2, 0.25) is 0 Å². The first-order valence-electron chi connectivity index (χ1n) is 8.30. The molecule has 0 amide bonds. The first kappa shape index (κ1) is 19.1. The summed E-state index contributed by atoms with van der Waals surface area (Å²) in [5.74, 6) is -0.956. The van der Waals surface area contributed by atoms with Crippen molar-refractivity contribution in [3.8, 4) is 0 Å². The van der Waals surface area contributed by atoms with Crippen LogP contribution in [-0.2, 0) is 14.3 Å². The number of Topliss-reactive ketones (excluding diaryl/α,β-unsaturated/α-hetero) is 1. The van der Waals surface area contributed by atoms with Gasteiger partial charge in [0.1, 0.15) is 11.7 Å². The SMILES string of the molecule is CCCCCCCCCCCC(C(C)=O)C(=O)OCC. The second-order valence-electron chi connectivity index (χ2n) is 5.53. The van der Waals surface area contributed by atoms with Crippen molar-refractivity contribution in [2.45, 2.75) is 85.0 Å². The maximum absolute atomic E-state index is 11.6. The van der Waals surface area contributed by atoms with Gasteiger partial charge in [0.05, 0.1) is 6.61 Å². The van der Waals surface area contributed by atoms with E-state index in [9.17, 15) is 9.59 Å². The summed E-state index contributed by atoms with van der Waals surface area (Å²) in [5, 5.41) is 0. The normalized spacial score (nSPS) is 12.2. The van der Waals surface area contributed by atoms with Crippen LogP contribution in [0.1, 0.15) is 85.0 Å². The highest BCUT2D eigenvalue weighted by molar-refractivity contribution is 5.97. The third-order valence-electron chi connectivity index (χ3n) is 3.66. The van der Waals surface area contributed by atoms with Crippen molar-refractivity contribution >= 4 is 11.8 Å². The van der Waals surface area contributed by atoms with Crippen molar-refractivity contribution in [2.75, 3.05) is 6.61 Å². The van der Waals surface area contributed by atoms with E-state index in [1.54, 1.807) is 6.92 Å². The minimum Gasteiger partial charge on any atom is -0.465 e. The van der Waals surface area contributed by atoms with Crippen LogP contribution in [0.5, 0.6) is 0 Å². The van der Waals surface area contributed by atoms with Gasteiger partial charge in [0.15, 0.2) is 0 Å². The van der Waals surface area contributed by atoms with E-state index in [4.69, 9.17) is 4.74 Å². The summed E-state index contributed by atoms with van der Waals surface area (Å²) in [6.45, 7) is 5.83. The van der Waals surface area contributed by atoms with Crippen LogP contribution in [-0.4, -0.2) is 18.4 Å². The van der Waals surface area contributed by atoms with Crippen LogP contribution in [0.2, 0.25) is 0 Å². The molecule has 0 N–H and O–H groups in total. The summed E-state index contributed by atoms with van der Waals surface area (Å²) in [5.41, 5.74) is 0. The van der Waals surface area contributed by atoms with Gasteiger partial charge in [-0.2, -0.15) is 0 Å². The lowest BCUT2D eigenvalue weighted by Crippen LogP contribution is -2.24. The second-order valence-corrected chi connectivity index (χ2v) is 5.53. The average Bonchev–Trinajstić information content (AvgIpc) is 2.40. The minimum atomic E-state index is -0.542. The van der Waals surface area contributed by atoms with E-state index in [0.717, 1.165) is 12.8 Å². The Morgan fingerprint density at radius 2 is 1.35 bits per heavy atom. The number of carbonyl (C=O) groups excluding carboxylic acids is 2. The maximum Gasteiger partial charge on any atom is 0.316 e. The molecule has 3 nitrogen and oxygen atoms in total. The van der Waals surface area contributed by atoms with Crippen molar-refractivity contribution < 1.29 is 14.3 Å². The largest absolute Gasteiger partial charge is 0.465 e. The summed E-state index contributed by atoms with van der Waals surface area (Å²) >= 11 is 0. The number of ether oxygens (including phenoxy) is 1. The van der Waals surface area contributed by atoms with Crippen molar-refractivity contribution in [3.63, 3.8) is 0 Å². The predicted octanol–water partition coefficient (Wildman–Crippen LogP) is 4.68. The molecule has 20 heavy (non-hydrogen) atoms. The van der Waals surface area contributed by atoms with Gasteiger partial charge in [-0.25, -0.2) is 0 Å². The standard InChI is InChI=1S/C17H32O3/c1-4-6-7-8-9-10-11-12-13-14-16(15(3)18)17(19)20-5-2/h16H,4-14H2,1-3H3. The number of ketones is 1. The van der Waals surface area contributed by atoms with Gasteiger partial charge in [-0.05, 0) is 20.3 Å². The van der Waals surface area contributed by atoms with Crippen LogP contribution in [0.15, 0.2) is 0 Å². The molecule has 0 aliphatic carbocycles. The summed E-state index contributed by atoms with van der Waals surface area (Å²) in [6, 6.07) is 0. The Hall–Kier alpha value is -0.860. The summed E-state index contributed by atoms with van der Waals surface area (Å²) in [4.78, 5) is 23.0. The Balaban J connectivity index is 3.59. The Bertz CT molecular complexity index is 261. The first-order chi connectivity index (χ1) is 9.63. The number of carbonyl (C=O) groups is 2. The van der Waals surface area contributed by atoms with Crippen molar-refractivity contribution in [1.29, 1.82) is 0 Å². The molecular formula is C17H32O3. The molecule has 0 heterocycles. The lowest BCUT2D eigenvalue weighted by Gasteiger charge is -2.12. The highest BCUT2D eigenvalue weighted by Crippen LogP contribution is 2.15. The monoisotopic (exact) mass is 284 g/mol. The van der Waals surface area contributed by atoms with E-state index >= 15 is 0 Å². The van der Waals surface area contributed by atoms with Crippen LogP contribution in [0.4, 0.5) is 0 Å². The minimum absolute atomic E-state index is 0.0667. The molecule has 0 aromatic carbocycles. The third kappa shape index (κ3) is 9.99. The molecule has 0 aliphatic heterocycles. The number of hydrogen-bond donors (Lipinski definition) is 0. The average molecular weight is 284 g/mol. The van der Waals surface area contributed by atoms with Crippen LogP contribution < -0.4 is 0 Å². The van der Waals surface area contributed by atoms with E-state index in [0.29, 0.717) is 13.0 Å². The van der Waals surface area contributed by atoms with Crippen molar-refractivity contribution in [2.24, 2.45) is 5.92 Å². The van der Waals surface area contributed by atoms with E-state index in [1.165, 1.54) is 51.9 Å². The van der Waals surface area contributed by atoms with Crippen LogP contribution in [0.3, 0.4) is 0 Å². The molecule has 0 fully saturated rings. The molecule has 118 valence electrons. The summed E-state index contributed by atoms with van der Waals surface area (Å²) < 4.78 is 4.94. The van der Waals surface area contributed by atoms with Gasteiger partial charge in [0.25, 0.3) is 0 Å². The zero-order chi connectivity index (χ0) is 15.2. The smallest absolute Gasteiger partial charge is 0.316 e. The third-order valence-corrected chi connectivity index (χ3v) is 3.66. The van der Waals surface area contributed by atoms with E-state index in [2.05, 4.69) is 6.92 Å². The molecule has 0 radical (unpaired) electrons. The number of rotatable bonds is 13. The first-order valence-corrected chi connectivity index (χ1v) is 8.30. The fraction of sp³-hybridized carbons (Fsp3) is 0.882. The molecule has 1 atom stereocenters. The molecule has 0 aliphatic rings. The summed E-state index contributed by atoms with van der Waals surface area (Å²) in [6.07, 6.45) is 11.8. The predicted molar refractivity (Wildman–Crippen MR) is 82.6 cm³/mol. The number of esters is 1. The van der Waals surface area contributed by atoms with Crippen molar-refractivity contribution in [1.82, 2.24) is 0 Å². The zero-order valence-corrected chi connectivity index (χ0v) is 13.6. The number of unbranched alkanes of at least 4 members (excludes halogenated alkanes) is 8. The van der Waals surface area contributed by atoms with Gasteiger partial charge in [-0.3, -0.25) is 9.59 Å². The van der Waals surface area contributed by atoms with Gasteiger partial charge in [0, 0.05) is 0 Å². The van der Waals surface area contributed by atoms with Crippen LogP contribution in [0.25, 0.3) is 0 Å². The molecule has 0 rings (SSSR count). The topological polar surface area (TPSA) is 43.4 Å². The summed E-state index contributed by atoms with van der Waals surface area (Å²) in [7, 11) is 0. The lowest BCUT2D eigenvalue weighted by atomic mass is 9.97. The van der Waals surface area contributed by atoms with E-state index in [1.807, 2.05) is 0 Å². The van der Waals surface area contributed by atoms with Gasteiger partial charge >= 0.3 is 5.97 Å². The Morgan fingerprint density at radius 3 is 1.80 bits per heavy atom. The van der Waals surface area contributed by atoms with Crippen LogP contribution in [0, 0.1) is 5.92 Å². The Kier molecular flexibility index (Phi) is 12.6. The second kappa shape index (κ2) is 13.1. The number of hydrogen-bond acceptors (Lipinski definition) is 3. The Labute approximate surface area is 124 Å². The molecular weight excluding hydrogens is 252 g/mol. The quantitative estimate of drug-likeness (QED) is 0.280. The molecule has 0 spiro atoms. The molecule has 0 aromatic heterocycles. The Morgan fingerprint density at radius 1 is 0.850 bits per heavy atom. The van der Waals surface area contributed by atoms with Gasteiger partial charge in [-0.1, -0.05) is 64.7 Å². The molecule has 0 saturated carbocycles. The molecule has 0 bridgehead atoms. The van der Waals surface area contributed by atoms with Gasteiger partial charge < -0.3 is 4.74 Å². The molecule has 0 aromatic rings. The fourth-order valence-corrected chi connectivity index (χ4v) is 2.39. The molecule has 0 saturated heterocycles. The zero-order valence-electron chi connectivity index (χ0n) is 13.6. The maximum atomic E-state index is 11.6. The van der Waals surface area contributed by atoms with E-state index in [-0.39, 0.29) is 11.8 Å². The fourth-order valence-electron chi connectivity index (χ4n) is 2.39. The molecule has 1 unspecified atom stereocenters. The highest BCUT2D eigenvalue weighted by Gasteiger charge is 2.23. The van der Waals surface area contributed by atoms with Gasteiger partial charge in [-0.15, -0.1) is 0 Å². The molecule has 3 heteroatoms.